The van der Waals surface area contributed by atoms with Crippen molar-refractivity contribution < 1.29 is 9.66 Å². The van der Waals surface area contributed by atoms with Crippen LogP contribution in [0, 0.1) is 10.1 Å². The van der Waals surface area contributed by atoms with Gasteiger partial charge in [-0.3, -0.25) is 0 Å². The number of nitrogens with zero attached hydrogens (tertiary/aromatic N) is 5. The summed E-state index contributed by atoms with van der Waals surface area (Å²) in [5.41, 5.74) is 2.31. The maximum atomic E-state index is 10.6. The number of piperazine rings is 1. The maximum absolute atomic E-state index is 10.6. The lowest BCUT2D eigenvalue weighted by Gasteiger charge is -2.31. The normalized spacial score (nSPS) is 16.2. The Bertz CT molecular complexity index is 576. The predicted molar refractivity (Wildman–Crippen MR) is 62.6 cm³/mol. The fourth-order valence-electron chi connectivity index (χ4n) is 2.15. The van der Waals surface area contributed by atoms with E-state index < -0.39 is 0 Å². The zero-order valence-electron chi connectivity index (χ0n) is 9.52. The molecule has 0 aliphatic carbocycles. The van der Waals surface area contributed by atoms with E-state index in [2.05, 4.69) is 15.2 Å². The zero-order chi connectivity index (χ0) is 12.5. The Hall–Kier alpha value is -2.38. The Balaban J connectivity index is 1.84. The third-order valence-corrected chi connectivity index (χ3v) is 3.09. The summed E-state index contributed by atoms with van der Waals surface area (Å²) in [6.45, 7) is 1.98. The lowest BCUT2D eigenvalue weighted by Crippen LogP contribution is -2.48. The van der Waals surface area contributed by atoms with Crippen LogP contribution in [0.2, 0.25) is 0 Å². The summed E-state index contributed by atoms with van der Waals surface area (Å²) in [5.74, 6) is 0. The van der Waals surface area contributed by atoms with Gasteiger partial charge in [-0.1, -0.05) is 6.07 Å². The first kappa shape index (κ1) is 10.8. The van der Waals surface area contributed by atoms with Crippen LogP contribution in [0.4, 0.5) is 5.69 Å². The van der Waals surface area contributed by atoms with Crippen molar-refractivity contribution in [2.75, 3.05) is 31.1 Å². The molecule has 1 aromatic heterocycles. The second kappa shape index (κ2) is 4.13. The first-order valence-corrected chi connectivity index (χ1v) is 5.61. The van der Waals surface area contributed by atoms with E-state index in [-0.39, 0.29) is 5.03 Å². The molecule has 0 saturated carbocycles. The highest BCUT2D eigenvalue weighted by Crippen LogP contribution is 2.24. The van der Waals surface area contributed by atoms with Crippen LogP contribution in [0.1, 0.15) is 0 Å². The summed E-state index contributed by atoms with van der Waals surface area (Å²) in [4.78, 5) is 12.7. The molecular weight excluding hydrogens is 238 g/mol. The number of aromatic nitrogens is 2. The molecule has 0 bridgehead atoms. The fraction of sp³-hybridized carbons (Fsp3) is 0.400. The van der Waals surface area contributed by atoms with Crippen molar-refractivity contribution in [3.63, 3.8) is 0 Å². The average molecular weight is 249 g/mol. The Kier molecular flexibility index (Phi) is 2.47. The van der Waals surface area contributed by atoms with Gasteiger partial charge in [0, 0.05) is 13.1 Å². The number of hydrazine groups is 1. The van der Waals surface area contributed by atoms with Crippen molar-refractivity contribution in [1.82, 2.24) is 15.3 Å². The molecule has 0 N–H and O–H groups in total. The molecule has 1 fully saturated rings. The van der Waals surface area contributed by atoms with Crippen molar-refractivity contribution in [1.29, 1.82) is 0 Å². The molecule has 8 nitrogen and oxygen atoms in total. The van der Waals surface area contributed by atoms with E-state index in [1.54, 1.807) is 0 Å². The minimum atomic E-state index is -0.352. The van der Waals surface area contributed by atoms with Crippen molar-refractivity contribution in [3.05, 3.63) is 28.3 Å². The van der Waals surface area contributed by atoms with Gasteiger partial charge in [0.1, 0.15) is 5.52 Å². The van der Waals surface area contributed by atoms with Crippen LogP contribution < -0.4 is 4.90 Å². The first-order chi connectivity index (χ1) is 8.75. The maximum Gasteiger partial charge on any atom is 0.160 e. The van der Waals surface area contributed by atoms with Gasteiger partial charge in [-0.05, 0) is 22.4 Å². The molecule has 2 aromatic rings. The topological polar surface area (TPSA) is 88.5 Å². The van der Waals surface area contributed by atoms with Crippen LogP contribution in [0.3, 0.4) is 0 Å². The number of anilines is 1. The summed E-state index contributed by atoms with van der Waals surface area (Å²) in [6.07, 6.45) is 0. The molecule has 1 aliphatic rings. The van der Waals surface area contributed by atoms with Gasteiger partial charge >= 0.3 is 0 Å². The van der Waals surface area contributed by atoms with Crippen LogP contribution in [0.15, 0.2) is 22.8 Å². The lowest BCUT2D eigenvalue weighted by molar-refractivity contribution is -0.655. The Morgan fingerprint density at radius 2 is 2.00 bits per heavy atom. The molecular formula is C10H11N5O3. The number of hydrogen-bond acceptors (Lipinski definition) is 6. The van der Waals surface area contributed by atoms with E-state index in [0.29, 0.717) is 37.2 Å². The molecule has 0 amide bonds. The smallest absolute Gasteiger partial charge is 0.160 e. The molecule has 1 saturated heterocycles. The van der Waals surface area contributed by atoms with Crippen LogP contribution in [-0.2, 0) is 0 Å². The standard InChI is InChI=1S/C10H11N5O3/c16-15(17)14-6-4-13(5-7-14)9-3-1-2-8-10(9)12-18-11-8/h1-3H,4-7H2. The summed E-state index contributed by atoms with van der Waals surface area (Å²) >= 11 is 0. The van der Waals surface area contributed by atoms with E-state index in [0.717, 1.165) is 5.69 Å². The van der Waals surface area contributed by atoms with E-state index in [9.17, 15) is 10.1 Å². The Morgan fingerprint density at radius 3 is 2.72 bits per heavy atom. The third kappa shape index (κ3) is 1.71. The van der Waals surface area contributed by atoms with Crippen LogP contribution in [0.5, 0.6) is 0 Å². The van der Waals surface area contributed by atoms with Gasteiger partial charge in [-0.2, -0.15) is 0 Å². The summed E-state index contributed by atoms with van der Waals surface area (Å²) in [7, 11) is 0. The second-order valence-corrected chi connectivity index (χ2v) is 4.09. The van der Waals surface area contributed by atoms with E-state index in [4.69, 9.17) is 4.63 Å². The monoisotopic (exact) mass is 249 g/mol. The van der Waals surface area contributed by atoms with Crippen molar-refractivity contribution in [2.45, 2.75) is 0 Å². The van der Waals surface area contributed by atoms with Crippen molar-refractivity contribution in [3.8, 4) is 0 Å². The van der Waals surface area contributed by atoms with E-state index >= 15 is 0 Å². The Labute approximate surface area is 102 Å². The quantitative estimate of drug-likeness (QED) is 0.566. The zero-order valence-corrected chi connectivity index (χ0v) is 9.52. The van der Waals surface area contributed by atoms with Gasteiger partial charge in [0.25, 0.3) is 0 Å². The lowest BCUT2D eigenvalue weighted by atomic mass is 10.2. The van der Waals surface area contributed by atoms with Gasteiger partial charge in [0.2, 0.25) is 0 Å². The van der Waals surface area contributed by atoms with Crippen LogP contribution in [-0.4, -0.2) is 46.5 Å². The SMILES string of the molecule is O=[N+]([O-])N1CCN(c2cccc3nonc23)CC1. The average Bonchev–Trinajstić information content (AvgIpc) is 2.87. The molecule has 1 aliphatic heterocycles. The molecule has 3 rings (SSSR count). The molecule has 8 heteroatoms. The molecule has 2 heterocycles. The van der Waals surface area contributed by atoms with Gasteiger partial charge in [0.05, 0.1) is 18.8 Å². The minimum absolute atomic E-state index is 0.352. The van der Waals surface area contributed by atoms with Gasteiger partial charge in [0.15, 0.2) is 10.5 Å². The van der Waals surface area contributed by atoms with E-state index in [1.165, 1.54) is 5.01 Å². The molecule has 0 atom stereocenters. The first-order valence-electron chi connectivity index (χ1n) is 5.61. The molecule has 18 heavy (non-hydrogen) atoms. The predicted octanol–water partition coefficient (Wildman–Crippen LogP) is 0.536. The highest BCUT2D eigenvalue weighted by atomic mass is 16.7. The van der Waals surface area contributed by atoms with Gasteiger partial charge in [-0.15, -0.1) is 5.01 Å². The van der Waals surface area contributed by atoms with Crippen LogP contribution in [0.25, 0.3) is 11.0 Å². The largest absolute Gasteiger partial charge is 0.366 e. The highest BCUT2D eigenvalue weighted by Gasteiger charge is 2.24. The summed E-state index contributed by atoms with van der Waals surface area (Å²) in [6, 6.07) is 5.62. The molecule has 0 unspecified atom stereocenters. The number of rotatable bonds is 2. The highest BCUT2D eigenvalue weighted by molar-refractivity contribution is 5.87. The minimum Gasteiger partial charge on any atom is -0.366 e. The van der Waals surface area contributed by atoms with Gasteiger partial charge in [-0.25, -0.2) is 14.7 Å². The third-order valence-electron chi connectivity index (χ3n) is 3.09. The molecule has 1 aromatic carbocycles. The molecule has 94 valence electrons. The number of nitro groups is 1. The molecule has 0 spiro atoms. The van der Waals surface area contributed by atoms with E-state index in [1.807, 2.05) is 18.2 Å². The van der Waals surface area contributed by atoms with Crippen molar-refractivity contribution >= 4 is 16.7 Å². The Morgan fingerprint density at radius 1 is 1.22 bits per heavy atom. The number of fused-ring (bicyclic) bond motifs is 1. The second-order valence-electron chi connectivity index (χ2n) is 4.09. The fourth-order valence-corrected chi connectivity index (χ4v) is 2.15. The molecule has 0 radical (unpaired) electrons. The number of benzene rings is 1. The number of hydrogen-bond donors (Lipinski definition) is 0. The summed E-state index contributed by atoms with van der Waals surface area (Å²) in [5, 5.41) is 19.2. The van der Waals surface area contributed by atoms with Gasteiger partial charge < -0.3 is 4.90 Å². The van der Waals surface area contributed by atoms with Crippen molar-refractivity contribution in [2.24, 2.45) is 0 Å². The summed E-state index contributed by atoms with van der Waals surface area (Å²) < 4.78 is 4.71. The van der Waals surface area contributed by atoms with Crippen LogP contribution >= 0.6 is 0 Å².